The summed E-state index contributed by atoms with van der Waals surface area (Å²) >= 11 is 0. The lowest BCUT2D eigenvalue weighted by atomic mass is 10.1. The van der Waals surface area contributed by atoms with Gasteiger partial charge in [-0.1, -0.05) is 78.9 Å². The molecule has 0 aliphatic rings. The predicted octanol–water partition coefficient (Wildman–Crippen LogP) is 5.69. The van der Waals surface area contributed by atoms with Gasteiger partial charge in [-0.25, -0.2) is 0 Å². The lowest BCUT2D eigenvalue weighted by Gasteiger charge is -2.17. The van der Waals surface area contributed by atoms with Gasteiger partial charge in [-0.3, -0.25) is 0 Å². The lowest BCUT2D eigenvalue weighted by molar-refractivity contribution is 0.472. The van der Waals surface area contributed by atoms with E-state index in [0.29, 0.717) is 32.2 Å². The van der Waals surface area contributed by atoms with Crippen LogP contribution in [-0.2, 0) is 9.13 Å². The van der Waals surface area contributed by atoms with Gasteiger partial charge >= 0.3 is 0 Å². The second kappa shape index (κ2) is 9.97. The first kappa shape index (κ1) is 26.3. The van der Waals surface area contributed by atoms with E-state index < -0.39 is 14.3 Å². The van der Waals surface area contributed by atoms with Crippen LogP contribution in [0.2, 0.25) is 0 Å². The van der Waals surface area contributed by atoms with Crippen LogP contribution in [0.1, 0.15) is 0 Å². The van der Waals surface area contributed by atoms with Crippen LogP contribution in [-0.4, -0.2) is 40.4 Å². The van der Waals surface area contributed by atoms with E-state index in [1.54, 1.807) is 80.7 Å². The van der Waals surface area contributed by atoms with Crippen LogP contribution < -0.4 is 15.9 Å². The van der Waals surface area contributed by atoms with Gasteiger partial charge in [0.1, 0.15) is 37.3 Å². The summed E-state index contributed by atoms with van der Waals surface area (Å²) in [5, 5.41) is 43.9. The smallest absolute Gasteiger partial charge is 0.144 e. The Bertz CT molecular complexity index is 1710. The molecule has 0 amide bonds. The Kier molecular flexibility index (Phi) is 7.10. The van der Waals surface area contributed by atoms with Crippen LogP contribution in [0.3, 0.4) is 0 Å². The third-order valence-corrected chi connectivity index (χ3v) is 10.3. The molecule has 5 aromatic rings. The number of rotatable bonds is 3. The first-order chi connectivity index (χ1) is 17.4. The Balaban J connectivity index is 0.000000180. The summed E-state index contributed by atoms with van der Waals surface area (Å²) in [6, 6.07) is 25.7. The molecule has 5 aromatic carbocycles. The normalized spacial score (nSPS) is 13.1. The largest absolute Gasteiger partial charge is 0.507 e. The Morgan fingerprint density at radius 1 is 0.514 bits per heavy atom. The van der Waals surface area contributed by atoms with E-state index in [4.69, 9.17) is 0 Å². The lowest BCUT2D eigenvalue weighted by Crippen LogP contribution is -2.15. The van der Waals surface area contributed by atoms with Crippen molar-refractivity contribution in [2.75, 3.05) is 20.0 Å². The van der Waals surface area contributed by atoms with Crippen LogP contribution in [0, 0.1) is 0 Å². The van der Waals surface area contributed by atoms with Crippen molar-refractivity contribution < 1.29 is 29.6 Å². The monoisotopic (exact) mass is 534 g/mol. The fourth-order valence-corrected chi connectivity index (χ4v) is 7.22. The van der Waals surface area contributed by atoms with Crippen LogP contribution in [0.4, 0.5) is 0 Å². The molecule has 0 radical (unpaired) electrons. The minimum atomic E-state index is -2.98. The second-order valence-corrected chi connectivity index (χ2v) is 15.3. The number of fused-ring (bicyclic) bond motifs is 2. The molecule has 0 saturated carbocycles. The average Bonchev–Trinajstić information content (AvgIpc) is 2.88. The SMILES string of the molecule is CP(=O)(c1ccccc1)c1cc(O)c2ccccc2c1O.CP(C)(=O)c1cc(O)c2ccccc2c1O. The maximum absolute atomic E-state index is 13.2. The summed E-state index contributed by atoms with van der Waals surface area (Å²) in [4.78, 5) is 0. The highest BCUT2D eigenvalue weighted by atomic mass is 31.2. The average molecular weight is 534 g/mol. The predicted molar refractivity (Wildman–Crippen MR) is 153 cm³/mol. The van der Waals surface area contributed by atoms with Gasteiger partial charge in [-0.05, 0) is 32.1 Å². The molecule has 37 heavy (non-hydrogen) atoms. The fourth-order valence-electron chi connectivity index (χ4n) is 4.24. The summed E-state index contributed by atoms with van der Waals surface area (Å²) in [7, 11) is -5.57. The molecule has 5 rings (SSSR count). The molecule has 0 fully saturated rings. The number of hydrogen-bond acceptors (Lipinski definition) is 6. The third kappa shape index (κ3) is 5.09. The van der Waals surface area contributed by atoms with Crippen molar-refractivity contribution >= 4 is 51.7 Å². The number of phenolic OH excluding ortho intramolecular Hbond substituents is 4. The molecular weight excluding hydrogens is 506 g/mol. The van der Waals surface area contributed by atoms with Crippen molar-refractivity contribution in [3.8, 4) is 23.0 Å². The number of aromatic hydroxyl groups is 4. The first-order valence-corrected chi connectivity index (χ1v) is 16.2. The molecule has 0 saturated heterocycles. The van der Waals surface area contributed by atoms with Crippen LogP contribution in [0.5, 0.6) is 23.0 Å². The van der Waals surface area contributed by atoms with Crippen molar-refractivity contribution in [2.24, 2.45) is 0 Å². The molecule has 0 bridgehead atoms. The zero-order valence-corrected chi connectivity index (χ0v) is 22.4. The molecule has 0 spiro atoms. The van der Waals surface area contributed by atoms with E-state index in [1.807, 2.05) is 18.2 Å². The van der Waals surface area contributed by atoms with Crippen LogP contribution in [0.25, 0.3) is 21.5 Å². The molecular formula is C29H28O6P2. The standard InChI is InChI=1S/C17H15O3P.C12H13O3P/c1-21(20,12-7-3-2-4-8-12)16-11-15(18)13-9-5-6-10-14(13)17(16)19;1-16(2,15)11-7-10(13)8-5-3-4-6-9(8)12(11)14/h2-11,18-19H,1H3;3-7,13-14H,1-2H3. The summed E-state index contributed by atoms with van der Waals surface area (Å²) in [6.07, 6.45) is 0. The fraction of sp³-hybridized carbons (Fsp3) is 0.103. The van der Waals surface area contributed by atoms with Gasteiger partial charge < -0.3 is 29.6 Å². The van der Waals surface area contributed by atoms with Gasteiger partial charge in [0.2, 0.25) is 0 Å². The van der Waals surface area contributed by atoms with E-state index in [0.717, 1.165) is 0 Å². The van der Waals surface area contributed by atoms with Gasteiger partial charge in [0.05, 0.1) is 10.6 Å². The number of benzene rings is 5. The molecule has 0 aliphatic heterocycles. The summed E-state index contributed by atoms with van der Waals surface area (Å²) in [6.45, 7) is 4.73. The maximum Gasteiger partial charge on any atom is 0.144 e. The quantitative estimate of drug-likeness (QED) is 0.175. The first-order valence-electron chi connectivity index (χ1n) is 11.5. The Morgan fingerprint density at radius 2 is 0.892 bits per heavy atom. The van der Waals surface area contributed by atoms with Crippen molar-refractivity contribution in [1.82, 2.24) is 0 Å². The minimum Gasteiger partial charge on any atom is -0.507 e. The summed E-state index contributed by atoms with van der Waals surface area (Å²) < 4.78 is 25.1. The Hall–Kier alpha value is -3.72. The zero-order chi connectivity index (χ0) is 27.0. The minimum absolute atomic E-state index is 0.00160. The van der Waals surface area contributed by atoms with Gasteiger partial charge in [-0.15, -0.1) is 0 Å². The molecule has 0 aliphatic carbocycles. The van der Waals surface area contributed by atoms with E-state index in [2.05, 4.69) is 0 Å². The van der Waals surface area contributed by atoms with Crippen LogP contribution in [0.15, 0.2) is 91.0 Å². The van der Waals surface area contributed by atoms with Gasteiger partial charge in [0, 0.05) is 26.8 Å². The van der Waals surface area contributed by atoms with E-state index >= 15 is 0 Å². The molecule has 0 heterocycles. The third-order valence-electron chi connectivity index (χ3n) is 6.24. The van der Waals surface area contributed by atoms with Crippen molar-refractivity contribution in [1.29, 1.82) is 0 Å². The Morgan fingerprint density at radius 3 is 1.35 bits per heavy atom. The van der Waals surface area contributed by atoms with Crippen molar-refractivity contribution in [2.45, 2.75) is 0 Å². The molecule has 6 nitrogen and oxygen atoms in total. The molecule has 1 atom stereocenters. The molecule has 8 heteroatoms. The van der Waals surface area contributed by atoms with Gasteiger partial charge in [0.25, 0.3) is 0 Å². The summed E-state index contributed by atoms with van der Waals surface area (Å²) in [5.41, 5.74) is 0. The van der Waals surface area contributed by atoms with Crippen LogP contribution >= 0.6 is 14.3 Å². The molecule has 4 N–H and O–H groups in total. The molecule has 190 valence electrons. The van der Waals surface area contributed by atoms with E-state index in [1.165, 1.54) is 12.1 Å². The number of hydrogen-bond donors (Lipinski definition) is 4. The zero-order valence-electron chi connectivity index (χ0n) is 20.7. The van der Waals surface area contributed by atoms with E-state index in [9.17, 15) is 29.6 Å². The number of phenols is 4. The van der Waals surface area contributed by atoms with Crippen molar-refractivity contribution in [3.05, 3.63) is 91.0 Å². The molecule has 0 aromatic heterocycles. The van der Waals surface area contributed by atoms with Gasteiger partial charge in [-0.2, -0.15) is 0 Å². The van der Waals surface area contributed by atoms with Gasteiger partial charge in [0.15, 0.2) is 0 Å². The highest BCUT2D eigenvalue weighted by Crippen LogP contribution is 2.46. The second-order valence-electron chi connectivity index (χ2n) is 9.23. The maximum atomic E-state index is 13.2. The highest BCUT2D eigenvalue weighted by Gasteiger charge is 2.27. The Labute approximate surface area is 215 Å². The van der Waals surface area contributed by atoms with E-state index in [-0.39, 0.29) is 28.3 Å². The molecule has 1 unspecified atom stereocenters. The van der Waals surface area contributed by atoms with Crippen molar-refractivity contribution in [3.63, 3.8) is 0 Å². The summed E-state index contributed by atoms with van der Waals surface area (Å²) in [5.74, 6) is 0.0450. The highest BCUT2D eigenvalue weighted by molar-refractivity contribution is 7.78. The topological polar surface area (TPSA) is 115 Å².